The Balaban J connectivity index is 4.23. The van der Waals surface area contributed by atoms with E-state index in [-0.39, 0.29) is 31.1 Å². The molecule has 6 nitrogen and oxygen atoms in total. The van der Waals surface area contributed by atoms with Crippen LogP contribution in [-0.2, 0) is 28.6 Å². The molecule has 0 amide bonds. The zero-order valence-corrected chi connectivity index (χ0v) is 47.7. The molecule has 0 aromatic heterocycles. The number of carbonyl (C=O) groups excluding carboxylic acids is 3. The lowest BCUT2D eigenvalue weighted by molar-refractivity contribution is -0.167. The molecular formula is C66H116O6. The molecule has 6 heteroatoms. The maximum atomic E-state index is 12.9. The summed E-state index contributed by atoms with van der Waals surface area (Å²) in [5, 5.41) is 0. The smallest absolute Gasteiger partial charge is 0.306 e. The molecule has 0 bridgehead atoms. The summed E-state index contributed by atoms with van der Waals surface area (Å²) in [7, 11) is 0. The maximum absolute atomic E-state index is 12.9. The van der Waals surface area contributed by atoms with Gasteiger partial charge < -0.3 is 14.2 Å². The summed E-state index contributed by atoms with van der Waals surface area (Å²) >= 11 is 0. The van der Waals surface area contributed by atoms with Gasteiger partial charge in [0.15, 0.2) is 6.10 Å². The number of hydrogen-bond acceptors (Lipinski definition) is 6. The number of allylic oxidation sites excluding steroid dienone is 12. The van der Waals surface area contributed by atoms with E-state index in [2.05, 4.69) is 93.7 Å². The van der Waals surface area contributed by atoms with Gasteiger partial charge in [-0.2, -0.15) is 0 Å². The molecule has 0 aliphatic carbocycles. The van der Waals surface area contributed by atoms with Crippen molar-refractivity contribution < 1.29 is 28.6 Å². The van der Waals surface area contributed by atoms with Crippen molar-refractivity contribution in [2.45, 2.75) is 316 Å². The summed E-state index contributed by atoms with van der Waals surface area (Å²) in [4.78, 5) is 38.2. The molecule has 0 aliphatic heterocycles. The van der Waals surface area contributed by atoms with Gasteiger partial charge in [-0.1, -0.05) is 273 Å². The number of carbonyl (C=O) groups is 3. The van der Waals surface area contributed by atoms with Crippen molar-refractivity contribution in [3.05, 3.63) is 72.9 Å². The minimum Gasteiger partial charge on any atom is -0.462 e. The summed E-state index contributed by atoms with van der Waals surface area (Å²) in [6.45, 7) is 6.52. The van der Waals surface area contributed by atoms with Crippen LogP contribution in [0.15, 0.2) is 72.9 Å². The van der Waals surface area contributed by atoms with Crippen molar-refractivity contribution in [2.24, 2.45) is 0 Å². The Kier molecular flexibility index (Phi) is 57.8. The molecule has 0 aliphatic rings. The topological polar surface area (TPSA) is 78.9 Å². The van der Waals surface area contributed by atoms with E-state index in [0.717, 1.165) is 109 Å². The highest BCUT2D eigenvalue weighted by atomic mass is 16.6. The van der Waals surface area contributed by atoms with Crippen LogP contribution in [0.4, 0.5) is 0 Å². The van der Waals surface area contributed by atoms with Crippen LogP contribution >= 0.6 is 0 Å². The molecule has 0 heterocycles. The largest absolute Gasteiger partial charge is 0.462 e. The van der Waals surface area contributed by atoms with Crippen molar-refractivity contribution in [3.63, 3.8) is 0 Å². The number of rotatable bonds is 56. The molecule has 0 N–H and O–H groups in total. The average molecular weight is 1010 g/mol. The SMILES string of the molecule is CC/C=C\C/C=C\C/C=C\C/C=C\CCCCCCCCCCCCCCCCC(=O)OCC(COC(=O)CCCCCCCCCCCCCC)OC(=O)CCCCCCC/C=C\C/C=C\CCCCC. The molecule has 0 fully saturated rings. The molecule has 416 valence electrons. The highest BCUT2D eigenvalue weighted by molar-refractivity contribution is 5.71. The second-order valence-corrected chi connectivity index (χ2v) is 20.6. The monoisotopic (exact) mass is 1000 g/mol. The van der Waals surface area contributed by atoms with Crippen LogP contribution in [0.1, 0.15) is 310 Å². The van der Waals surface area contributed by atoms with E-state index in [1.807, 2.05) is 0 Å². The van der Waals surface area contributed by atoms with E-state index in [1.54, 1.807) is 0 Å². The van der Waals surface area contributed by atoms with E-state index in [0.29, 0.717) is 19.3 Å². The summed E-state index contributed by atoms with van der Waals surface area (Å²) in [6, 6.07) is 0. The molecule has 0 aromatic carbocycles. The van der Waals surface area contributed by atoms with Crippen molar-refractivity contribution in [3.8, 4) is 0 Å². The van der Waals surface area contributed by atoms with E-state index < -0.39 is 6.10 Å². The van der Waals surface area contributed by atoms with Crippen molar-refractivity contribution in [1.82, 2.24) is 0 Å². The van der Waals surface area contributed by atoms with E-state index >= 15 is 0 Å². The zero-order chi connectivity index (χ0) is 52.2. The fourth-order valence-corrected chi connectivity index (χ4v) is 8.82. The second-order valence-electron chi connectivity index (χ2n) is 20.6. The van der Waals surface area contributed by atoms with E-state index in [1.165, 1.54) is 161 Å². The fraction of sp³-hybridized carbons (Fsp3) is 0.773. The van der Waals surface area contributed by atoms with Crippen molar-refractivity contribution >= 4 is 17.9 Å². The third-order valence-corrected chi connectivity index (χ3v) is 13.4. The Labute approximate surface area is 446 Å². The van der Waals surface area contributed by atoms with Crippen LogP contribution in [0.3, 0.4) is 0 Å². The molecule has 0 aromatic rings. The van der Waals surface area contributed by atoms with Crippen LogP contribution in [0, 0.1) is 0 Å². The molecule has 1 atom stereocenters. The van der Waals surface area contributed by atoms with Crippen LogP contribution in [-0.4, -0.2) is 37.2 Å². The Hall–Kier alpha value is -3.15. The van der Waals surface area contributed by atoms with E-state index in [9.17, 15) is 14.4 Å². The van der Waals surface area contributed by atoms with Gasteiger partial charge in [-0.3, -0.25) is 14.4 Å². The number of esters is 3. The summed E-state index contributed by atoms with van der Waals surface area (Å²) in [6.07, 6.45) is 77.6. The van der Waals surface area contributed by atoms with Gasteiger partial charge in [0, 0.05) is 19.3 Å². The lowest BCUT2D eigenvalue weighted by Crippen LogP contribution is -2.30. The van der Waals surface area contributed by atoms with Gasteiger partial charge in [-0.15, -0.1) is 0 Å². The number of ether oxygens (including phenoxy) is 3. The van der Waals surface area contributed by atoms with Gasteiger partial charge in [0.25, 0.3) is 0 Å². The van der Waals surface area contributed by atoms with Gasteiger partial charge in [0.2, 0.25) is 0 Å². The van der Waals surface area contributed by atoms with Crippen LogP contribution in [0.2, 0.25) is 0 Å². The maximum Gasteiger partial charge on any atom is 0.306 e. The second kappa shape index (κ2) is 60.4. The van der Waals surface area contributed by atoms with Crippen LogP contribution in [0.25, 0.3) is 0 Å². The van der Waals surface area contributed by atoms with Gasteiger partial charge in [0.05, 0.1) is 0 Å². The Morgan fingerprint density at radius 3 is 0.875 bits per heavy atom. The molecule has 0 rings (SSSR count). The van der Waals surface area contributed by atoms with Gasteiger partial charge in [-0.05, 0) is 89.9 Å². The summed E-state index contributed by atoms with van der Waals surface area (Å²) in [5.41, 5.74) is 0. The lowest BCUT2D eigenvalue weighted by atomic mass is 10.0. The predicted molar refractivity (Wildman–Crippen MR) is 311 cm³/mol. The third kappa shape index (κ3) is 57.7. The first-order valence-electron chi connectivity index (χ1n) is 30.9. The van der Waals surface area contributed by atoms with E-state index in [4.69, 9.17) is 14.2 Å². The van der Waals surface area contributed by atoms with Crippen LogP contribution < -0.4 is 0 Å². The summed E-state index contributed by atoms with van der Waals surface area (Å²) in [5.74, 6) is -0.879. The fourth-order valence-electron chi connectivity index (χ4n) is 8.82. The Morgan fingerprint density at radius 1 is 0.292 bits per heavy atom. The normalized spacial score (nSPS) is 12.5. The first-order valence-corrected chi connectivity index (χ1v) is 30.9. The van der Waals surface area contributed by atoms with Gasteiger partial charge in [0.1, 0.15) is 13.2 Å². The third-order valence-electron chi connectivity index (χ3n) is 13.4. The molecule has 72 heavy (non-hydrogen) atoms. The Bertz CT molecular complexity index is 1340. The Morgan fingerprint density at radius 2 is 0.542 bits per heavy atom. The number of hydrogen-bond donors (Lipinski definition) is 0. The van der Waals surface area contributed by atoms with Crippen molar-refractivity contribution in [2.75, 3.05) is 13.2 Å². The molecule has 0 radical (unpaired) electrons. The zero-order valence-electron chi connectivity index (χ0n) is 47.7. The molecular weight excluding hydrogens is 889 g/mol. The summed E-state index contributed by atoms with van der Waals surface area (Å²) < 4.78 is 16.9. The van der Waals surface area contributed by atoms with Crippen LogP contribution in [0.5, 0.6) is 0 Å². The average Bonchev–Trinajstić information content (AvgIpc) is 3.38. The molecule has 0 saturated carbocycles. The van der Waals surface area contributed by atoms with Gasteiger partial charge >= 0.3 is 17.9 Å². The standard InChI is InChI=1S/C66H116O6/c1-4-7-10-13-16-19-22-25-27-28-29-30-31-32-33-34-35-36-37-38-40-41-44-47-50-53-56-59-65(68)71-62-63(61-70-64(67)58-55-52-49-46-43-24-21-18-15-12-9-6-3)72-66(69)60-57-54-51-48-45-42-39-26-23-20-17-14-11-8-5-2/h7,10,16-17,19-20,25-27,29-30,39,63H,4-6,8-9,11-15,18,21-24,28,31-38,40-62H2,1-3H3/b10-7-,19-16-,20-17-,27-25-,30-29-,39-26-. The minimum absolute atomic E-state index is 0.0773. The van der Waals surface area contributed by atoms with Gasteiger partial charge in [-0.25, -0.2) is 0 Å². The quantitative estimate of drug-likeness (QED) is 0.0261. The predicted octanol–water partition coefficient (Wildman–Crippen LogP) is 20.9. The molecule has 0 spiro atoms. The molecule has 0 saturated heterocycles. The first-order chi connectivity index (χ1) is 35.5. The lowest BCUT2D eigenvalue weighted by Gasteiger charge is -2.18. The minimum atomic E-state index is -0.780. The first kappa shape index (κ1) is 68.8. The van der Waals surface area contributed by atoms with Crippen molar-refractivity contribution in [1.29, 1.82) is 0 Å². The highest BCUT2D eigenvalue weighted by Gasteiger charge is 2.19. The highest BCUT2D eigenvalue weighted by Crippen LogP contribution is 2.16. The molecule has 1 unspecified atom stereocenters. The number of unbranched alkanes of at least 4 members (excludes halogenated alkanes) is 33.